The van der Waals surface area contributed by atoms with E-state index in [1.807, 2.05) is 0 Å². The number of aliphatic hydroxyl groups excluding tert-OH is 3. The van der Waals surface area contributed by atoms with E-state index >= 15 is 14.4 Å². The summed E-state index contributed by atoms with van der Waals surface area (Å²) in [5.74, 6) is -20.8. The van der Waals surface area contributed by atoms with Crippen LogP contribution in [0.5, 0.6) is 0 Å². The standard InChI is InChI=1S/C82H121N29O22/c1-4-40(2)64(76(129)108-59(38-114)72(125)101-52(79(132)133)20-11-25-94-82(89)90)109-71(124)54(30-44-35-91-39-97-44)103-70(123)55(31-62(84)115)104-68(121)51(19-10-24-93-81(87)88)99-67(120)50(18-9-23-92-80(85)86)100-69(122)53(28-42-33-95-48-16-7-5-14-45(42)48)102-65(118)41(3)98-74(127)60-21-12-26-110(60)77(130)56(29-43-34-96-49-17-8-6-15-46(43)49)106-75(128)61-22-13-27-111(61)78(131)57(32-63(116)117)105-73(126)58(37-113)107-66(119)47(83)36-112/h5-8,14-17,33-35,39-41,47,50-61,64,95-96,112-114H,4,9-13,18-32,36-38,83H2,1-3H3,(H2,84,115)(H,91,97)(H,98,127)(H,99,120)(H,100,122)(H,101,125)(H,102,118)(H,103,123)(H,104,121)(H,105,126)(H,106,128)(H,107,119)(H,108,129)(H,109,124)(H,116,117)(H,132,133)(H4,85,86,92)(H4,87,88,93)(H4,89,90,94)/t40-,41-,47-,50-,51-,52-,53-,54-,55-,56-,57-,58-,59-,60-,61-,64-/m0/s1. The number of carboxylic acids is 2. The van der Waals surface area contributed by atoms with Gasteiger partial charge in [-0.25, -0.2) is 9.78 Å². The summed E-state index contributed by atoms with van der Waals surface area (Å²) in [7, 11) is 0. The van der Waals surface area contributed by atoms with Gasteiger partial charge < -0.3 is 159 Å². The number of hydrogen-bond acceptors (Lipinski definition) is 25. The van der Waals surface area contributed by atoms with Crippen molar-refractivity contribution in [3.8, 4) is 0 Å². The van der Waals surface area contributed by atoms with E-state index in [9.17, 15) is 92.7 Å². The monoisotopic (exact) mass is 1860 g/mol. The molecule has 3 aromatic heterocycles. The van der Waals surface area contributed by atoms with Crippen molar-refractivity contribution >= 4 is 140 Å². The minimum atomic E-state index is -1.96. The molecule has 2 saturated heterocycles. The fourth-order valence-electron chi connectivity index (χ4n) is 15.0. The number of primary amides is 1. The van der Waals surface area contributed by atoms with Gasteiger partial charge in [0.1, 0.15) is 90.6 Å². The second-order valence-electron chi connectivity index (χ2n) is 32.2. The molecule has 0 radical (unpaired) electrons. The summed E-state index contributed by atoms with van der Waals surface area (Å²) in [6.45, 7) is 1.28. The Morgan fingerprint density at radius 3 is 1.33 bits per heavy atom. The number of amides is 15. The molecule has 15 amide bonds. The van der Waals surface area contributed by atoms with E-state index in [1.54, 1.807) is 74.8 Å². The average Bonchev–Trinajstić information content (AvgIpc) is 1.69. The van der Waals surface area contributed by atoms with Crippen LogP contribution in [0.4, 0.5) is 0 Å². The number of benzene rings is 2. The van der Waals surface area contributed by atoms with Gasteiger partial charge in [0.15, 0.2) is 17.9 Å². The summed E-state index contributed by atoms with van der Waals surface area (Å²) in [5, 5.41) is 111. The van der Waals surface area contributed by atoms with Gasteiger partial charge in [-0.15, -0.1) is 0 Å². The Labute approximate surface area is 761 Å². The first-order chi connectivity index (χ1) is 63.2. The van der Waals surface area contributed by atoms with Crippen molar-refractivity contribution in [1.29, 1.82) is 16.2 Å². The Morgan fingerprint density at radius 1 is 0.459 bits per heavy atom. The lowest BCUT2D eigenvalue weighted by molar-refractivity contribution is -0.147. The molecule has 726 valence electrons. The first-order valence-electron chi connectivity index (χ1n) is 43.1. The smallest absolute Gasteiger partial charge is 0.326 e. The van der Waals surface area contributed by atoms with Crippen molar-refractivity contribution in [2.75, 3.05) is 52.5 Å². The van der Waals surface area contributed by atoms with E-state index in [-0.39, 0.29) is 128 Å². The molecule has 0 aliphatic carbocycles. The molecule has 0 spiro atoms. The van der Waals surface area contributed by atoms with E-state index < -0.39 is 248 Å². The van der Waals surface area contributed by atoms with Crippen LogP contribution < -0.4 is 108 Å². The maximum atomic E-state index is 15.3. The van der Waals surface area contributed by atoms with Crippen LogP contribution in [0.2, 0.25) is 0 Å². The van der Waals surface area contributed by atoms with Crippen LogP contribution in [0.25, 0.3) is 21.8 Å². The maximum Gasteiger partial charge on any atom is 0.326 e. The molecule has 2 fully saturated rings. The number of carboxylic acid groups (broad SMARTS) is 2. The Morgan fingerprint density at radius 2 is 0.865 bits per heavy atom. The Kier molecular flexibility index (Phi) is 41.0. The first-order valence-corrected chi connectivity index (χ1v) is 43.1. The quantitative estimate of drug-likeness (QED) is 0.00976. The van der Waals surface area contributed by atoms with Crippen molar-refractivity contribution in [3.05, 3.63) is 90.3 Å². The van der Waals surface area contributed by atoms with Gasteiger partial charge in [0.25, 0.3) is 0 Å². The summed E-state index contributed by atoms with van der Waals surface area (Å²) in [6, 6.07) is -10.4. The van der Waals surface area contributed by atoms with Crippen LogP contribution in [-0.4, -0.2) is 317 Å². The Hall–Kier alpha value is -14.6. The number of H-pyrrole nitrogens is 3. The zero-order valence-electron chi connectivity index (χ0n) is 73.5. The molecular formula is C82H121N29O22. The molecule has 5 heterocycles. The lowest BCUT2D eigenvalue weighted by Crippen LogP contribution is -2.62. The van der Waals surface area contributed by atoms with Crippen molar-refractivity contribution < 1.29 is 107 Å². The molecule has 0 bridgehead atoms. The highest BCUT2D eigenvalue weighted by Crippen LogP contribution is 2.27. The van der Waals surface area contributed by atoms with Crippen LogP contribution in [0.3, 0.4) is 0 Å². The van der Waals surface area contributed by atoms with Gasteiger partial charge >= 0.3 is 11.9 Å². The Bertz CT molecular complexity index is 4970. The van der Waals surface area contributed by atoms with Gasteiger partial charge in [-0.2, -0.15) is 0 Å². The summed E-state index contributed by atoms with van der Waals surface area (Å²) < 4.78 is 0. The summed E-state index contributed by atoms with van der Waals surface area (Å²) in [6.07, 6.45) is 2.66. The molecule has 36 N–H and O–H groups in total. The highest BCUT2D eigenvalue weighted by molar-refractivity contribution is 6.03. The number of imidazole rings is 1. The normalized spacial score (nSPS) is 16.6. The van der Waals surface area contributed by atoms with Crippen LogP contribution in [0.15, 0.2) is 73.4 Å². The number of aromatic amines is 3. The van der Waals surface area contributed by atoms with Crippen LogP contribution in [0, 0.1) is 22.1 Å². The molecule has 5 aromatic rings. The predicted molar refractivity (Wildman–Crippen MR) is 474 cm³/mol. The van der Waals surface area contributed by atoms with E-state index in [4.69, 9.17) is 44.9 Å². The van der Waals surface area contributed by atoms with E-state index in [2.05, 4.69) is 99.7 Å². The molecule has 7 rings (SSSR count). The summed E-state index contributed by atoms with van der Waals surface area (Å²) in [5.41, 5.74) is 30.2. The van der Waals surface area contributed by atoms with E-state index in [0.29, 0.717) is 32.9 Å². The zero-order chi connectivity index (χ0) is 97.9. The lowest BCUT2D eigenvalue weighted by Gasteiger charge is -2.32. The largest absolute Gasteiger partial charge is 0.481 e. The van der Waals surface area contributed by atoms with Gasteiger partial charge in [0.2, 0.25) is 88.6 Å². The van der Waals surface area contributed by atoms with Gasteiger partial charge in [-0.3, -0.25) is 92.9 Å². The number of aliphatic hydroxyl groups is 3. The topological polar surface area (TPSA) is 840 Å². The second-order valence-corrected chi connectivity index (χ2v) is 32.2. The number of para-hydroxylation sites is 2. The van der Waals surface area contributed by atoms with Crippen LogP contribution in [-0.2, 0) is 101 Å². The second kappa shape index (κ2) is 51.7. The third-order valence-electron chi connectivity index (χ3n) is 22.3. The molecule has 2 aliphatic rings. The SMILES string of the molecule is CC[C@H](C)[C@H](NC(=O)[C@H](Cc1cnc[nH]1)NC(=O)[C@H](CC(N)=O)NC(=O)[C@H](CCCNC(=N)N)NC(=O)[C@H](CCCNC(=N)N)NC(=O)[C@H](Cc1c[nH]c2ccccc12)NC(=O)[C@H](C)NC(=O)[C@@H]1CCCN1C(=O)[C@H](Cc1c[nH]c2ccccc12)NC(=O)[C@@H]1CCCN1C(=O)[C@H](CC(=O)O)NC(=O)[C@H](CO)NC(=O)[C@@H](N)CO)C(=O)N[C@@H](CO)C(=O)N[C@@H](CCCNC(=N)N)C(=O)O. The minimum Gasteiger partial charge on any atom is -0.481 e. The molecule has 0 saturated carbocycles. The van der Waals surface area contributed by atoms with Crippen LogP contribution in [0.1, 0.15) is 121 Å². The highest BCUT2D eigenvalue weighted by Gasteiger charge is 2.45. The van der Waals surface area contributed by atoms with E-state index in [1.165, 1.54) is 24.3 Å². The Balaban J connectivity index is 1.11. The molecule has 133 heavy (non-hydrogen) atoms. The molecule has 51 heteroatoms. The van der Waals surface area contributed by atoms with Gasteiger partial charge in [0, 0.05) is 98.1 Å². The predicted octanol–water partition coefficient (Wildman–Crippen LogP) is -9.21. The maximum absolute atomic E-state index is 15.3. The van der Waals surface area contributed by atoms with Crippen molar-refractivity contribution in [2.24, 2.45) is 34.6 Å². The molecule has 0 unspecified atom stereocenters. The molecule has 2 aliphatic heterocycles. The van der Waals surface area contributed by atoms with Crippen molar-refractivity contribution in [1.82, 2.24) is 109 Å². The fourth-order valence-corrected chi connectivity index (χ4v) is 15.0. The number of likely N-dealkylation sites (tertiary alicyclic amines) is 2. The fraction of sp³-hybridized carbons (Fsp3) is 0.524. The third kappa shape index (κ3) is 31.9. The van der Waals surface area contributed by atoms with Crippen molar-refractivity contribution in [3.63, 3.8) is 0 Å². The van der Waals surface area contributed by atoms with Gasteiger partial charge in [-0.1, -0.05) is 56.7 Å². The highest BCUT2D eigenvalue weighted by atomic mass is 16.4. The third-order valence-corrected chi connectivity index (χ3v) is 22.3. The molecule has 16 atom stereocenters. The molecule has 2 aromatic carbocycles. The first kappa shape index (κ1) is 105. The number of guanidine groups is 3. The molecular weight excluding hydrogens is 1740 g/mol. The van der Waals surface area contributed by atoms with Gasteiger partial charge in [0.05, 0.1) is 39.0 Å². The number of fused-ring (bicyclic) bond motifs is 2. The number of carbonyl (C=O) groups is 17. The van der Waals surface area contributed by atoms with E-state index in [0.717, 1.165) is 4.90 Å². The number of hydrogen-bond donors (Lipinski definition) is 31. The summed E-state index contributed by atoms with van der Waals surface area (Å²) in [4.78, 5) is 254. The number of nitrogens with one attached hydrogen (secondary N) is 21. The molecule has 51 nitrogen and oxygen atoms in total. The lowest BCUT2D eigenvalue weighted by atomic mass is 9.97. The zero-order valence-corrected chi connectivity index (χ0v) is 73.5. The minimum absolute atomic E-state index is 0.0160. The van der Waals surface area contributed by atoms with Crippen LogP contribution >= 0.6 is 0 Å². The number of aromatic nitrogens is 4. The number of nitrogens with zero attached hydrogens (tertiary/aromatic N) is 3. The number of nitrogens with two attached hydrogens (primary N) is 5. The average molecular weight is 1870 g/mol. The van der Waals surface area contributed by atoms with Gasteiger partial charge in [-0.05, 0) is 100 Å². The number of aliphatic carboxylic acids is 2. The number of rotatable bonds is 54. The number of carbonyl (C=O) groups excluding carboxylic acids is 15. The van der Waals surface area contributed by atoms with Crippen molar-refractivity contribution in [2.45, 2.75) is 214 Å². The summed E-state index contributed by atoms with van der Waals surface area (Å²) >= 11 is 0.